The van der Waals surface area contributed by atoms with Crippen molar-refractivity contribution in [3.05, 3.63) is 42.1 Å². The van der Waals surface area contributed by atoms with Gasteiger partial charge in [0.15, 0.2) is 5.82 Å². The van der Waals surface area contributed by atoms with Crippen LogP contribution in [-0.4, -0.2) is 39.8 Å². The highest BCUT2D eigenvalue weighted by Gasteiger charge is 2.36. The Hall–Kier alpha value is -2.41. The third-order valence-corrected chi connectivity index (χ3v) is 4.77. The Labute approximate surface area is 146 Å². The van der Waals surface area contributed by atoms with E-state index in [-0.39, 0.29) is 12.1 Å². The van der Waals surface area contributed by atoms with Crippen LogP contribution in [0.1, 0.15) is 31.2 Å². The van der Waals surface area contributed by atoms with Crippen molar-refractivity contribution in [2.45, 2.75) is 44.4 Å². The van der Waals surface area contributed by atoms with Gasteiger partial charge in [-0.25, -0.2) is 9.48 Å². The van der Waals surface area contributed by atoms with Crippen molar-refractivity contribution in [2.24, 2.45) is 5.92 Å². The Morgan fingerprint density at radius 3 is 2.88 bits per heavy atom. The number of benzene rings is 1. The molecular weight excluding hydrogens is 318 g/mol. The minimum atomic E-state index is -0.229. The van der Waals surface area contributed by atoms with E-state index in [1.54, 1.807) is 10.9 Å². The number of aromatic nitrogens is 3. The molecule has 2 N–H and O–H groups in total. The summed E-state index contributed by atoms with van der Waals surface area (Å²) in [6.07, 6.45) is 6.33. The van der Waals surface area contributed by atoms with Crippen LogP contribution in [0.5, 0.6) is 0 Å². The van der Waals surface area contributed by atoms with Crippen molar-refractivity contribution in [1.29, 1.82) is 0 Å². The lowest BCUT2D eigenvalue weighted by molar-refractivity contribution is -0.00889. The summed E-state index contributed by atoms with van der Waals surface area (Å²) in [6.45, 7) is 1.35. The normalized spacial score (nSPS) is 23.2. The number of nitrogens with one attached hydrogen (secondary N) is 2. The standard InChI is InChI=1S/C18H23N5O2/c24-18(19-15-8-9-25-16(10-15)14-6-7-14)20-17-12-23(22-21-17)11-13-4-2-1-3-5-13/h1-5,12,14-16H,6-11H2,(H2,19,20,24)/t15-,16-/m1/s1. The molecule has 2 atom stereocenters. The quantitative estimate of drug-likeness (QED) is 0.875. The summed E-state index contributed by atoms with van der Waals surface area (Å²) in [5.41, 5.74) is 1.14. The Bertz CT molecular complexity index is 713. The predicted molar refractivity (Wildman–Crippen MR) is 93.2 cm³/mol. The topological polar surface area (TPSA) is 81.1 Å². The summed E-state index contributed by atoms with van der Waals surface area (Å²) in [5, 5.41) is 13.9. The summed E-state index contributed by atoms with van der Waals surface area (Å²) in [5.74, 6) is 1.16. The third-order valence-electron chi connectivity index (χ3n) is 4.77. The molecule has 1 aliphatic heterocycles. The summed E-state index contributed by atoms with van der Waals surface area (Å²) >= 11 is 0. The molecule has 132 valence electrons. The van der Waals surface area contributed by atoms with Crippen LogP contribution < -0.4 is 10.6 Å². The zero-order chi connectivity index (χ0) is 17.1. The van der Waals surface area contributed by atoms with E-state index in [4.69, 9.17) is 4.74 Å². The van der Waals surface area contributed by atoms with Gasteiger partial charge < -0.3 is 10.1 Å². The summed E-state index contributed by atoms with van der Waals surface area (Å²) in [6, 6.07) is 9.95. The molecule has 1 saturated carbocycles. The van der Waals surface area contributed by atoms with E-state index < -0.39 is 0 Å². The maximum Gasteiger partial charge on any atom is 0.320 e. The second kappa shape index (κ2) is 7.23. The number of nitrogens with zero attached hydrogens (tertiary/aromatic N) is 3. The number of anilines is 1. The fourth-order valence-corrected chi connectivity index (χ4v) is 3.30. The predicted octanol–water partition coefficient (Wildman–Crippen LogP) is 2.41. The van der Waals surface area contributed by atoms with Crippen LogP contribution in [0.15, 0.2) is 36.5 Å². The van der Waals surface area contributed by atoms with Crippen molar-refractivity contribution in [3.8, 4) is 0 Å². The smallest absolute Gasteiger partial charge is 0.320 e. The third kappa shape index (κ3) is 4.36. The molecule has 0 bridgehead atoms. The first kappa shape index (κ1) is 16.1. The Kier molecular flexibility index (Phi) is 4.65. The van der Waals surface area contributed by atoms with Gasteiger partial charge in [-0.3, -0.25) is 5.32 Å². The van der Waals surface area contributed by atoms with Crippen molar-refractivity contribution in [1.82, 2.24) is 20.3 Å². The van der Waals surface area contributed by atoms with Crippen molar-refractivity contribution in [2.75, 3.05) is 11.9 Å². The first-order valence-corrected chi connectivity index (χ1v) is 8.89. The molecule has 0 spiro atoms. The fourth-order valence-electron chi connectivity index (χ4n) is 3.30. The molecule has 1 aromatic carbocycles. The number of hydrogen-bond acceptors (Lipinski definition) is 4. The molecule has 7 heteroatoms. The second-order valence-corrected chi connectivity index (χ2v) is 6.85. The van der Waals surface area contributed by atoms with Crippen LogP contribution in [0.2, 0.25) is 0 Å². The Morgan fingerprint density at radius 1 is 1.24 bits per heavy atom. The molecule has 4 rings (SSSR count). The number of carbonyl (C=O) groups excluding carboxylic acids is 1. The number of amides is 2. The van der Waals surface area contributed by atoms with Gasteiger partial charge in [0.1, 0.15) is 0 Å². The maximum atomic E-state index is 12.2. The fraction of sp³-hybridized carbons (Fsp3) is 0.500. The lowest BCUT2D eigenvalue weighted by Gasteiger charge is -2.30. The monoisotopic (exact) mass is 341 g/mol. The van der Waals surface area contributed by atoms with Gasteiger partial charge in [0.25, 0.3) is 0 Å². The highest BCUT2D eigenvalue weighted by Crippen LogP contribution is 2.38. The molecule has 2 fully saturated rings. The highest BCUT2D eigenvalue weighted by atomic mass is 16.5. The lowest BCUT2D eigenvalue weighted by atomic mass is 10.0. The van der Waals surface area contributed by atoms with Gasteiger partial charge in [0.2, 0.25) is 0 Å². The van der Waals surface area contributed by atoms with E-state index in [1.807, 2.05) is 30.3 Å². The minimum absolute atomic E-state index is 0.165. The minimum Gasteiger partial charge on any atom is -0.378 e. The SMILES string of the molecule is O=C(Nc1cn(Cc2ccccc2)nn1)N[C@@H]1CCO[C@@H](C2CC2)C1. The van der Waals surface area contributed by atoms with Crippen molar-refractivity contribution in [3.63, 3.8) is 0 Å². The zero-order valence-electron chi connectivity index (χ0n) is 14.1. The van der Waals surface area contributed by atoms with Gasteiger partial charge in [0, 0.05) is 12.6 Å². The van der Waals surface area contributed by atoms with Gasteiger partial charge in [0.05, 0.1) is 18.8 Å². The van der Waals surface area contributed by atoms with Gasteiger partial charge in [-0.1, -0.05) is 35.5 Å². The van der Waals surface area contributed by atoms with Gasteiger partial charge in [-0.2, -0.15) is 0 Å². The molecule has 0 unspecified atom stereocenters. The van der Waals surface area contributed by atoms with Crippen LogP contribution in [0, 0.1) is 5.92 Å². The van der Waals surface area contributed by atoms with E-state index in [1.165, 1.54) is 12.8 Å². The van der Waals surface area contributed by atoms with Crippen LogP contribution in [0.3, 0.4) is 0 Å². The first-order chi connectivity index (χ1) is 12.3. The number of rotatable bonds is 5. The number of urea groups is 1. The van der Waals surface area contributed by atoms with Gasteiger partial charge in [-0.05, 0) is 37.2 Å². The lowest BCUT2D eigenvalue weighted by Crippen LogP contribution is -2.44. The summed E-state index contributed by atoms with van der Waals surface area (Å²) < 4.78 is 7.51. The van der Waals surface area contributed by atoms with Crippen LogP contribution >= 0.6 is 0 Å². The first-order valence-electron chi connectivity index (χ1n) is 8.89. The molecule has 2 amide bonds. The van der Waals surface area contributed by atoms with Crippen LogP contribution in [0.25, 0.3) is 0 Å². The van der Waals surface area contributed by atoms with Gasteiger partial charge in [-0.15, -0.1) is 5.10 Å². The summed E-state index contributed by atoms with van der Waals surface area (Å²) in [4.78, 5) is 12.2. The Morgan fingerprint density at radius 2 is 2.08 bits per heavy atom. The molecule has 25 heavy (non-hydrogen) atoms. The van der Waals surface area contributed by atoms with Crippen molar-refractivity contribution < 1.29 is 9.53 Å². The van der Waals surface area contributed by atoms with Crippen LogP contribution in [-0.2, 0) is 11.3 Å². The van der Waals surface area contributed by atoms with E-state index in [0.717, 1.165) is 25.0 Å². The average molecular weight is 341 g/mol. The molecule has 2 aliphatic rings. The van der Waals surface area contributed by atoms with Crippen LogP contribution in [0.4, 0.5) is 10.6 Å². The molecule has 7 nitrogen and oxygen atoms in total. The number of carbonyl (C=O) groups is 1. The molecule has 0 radical (unpaired) electrons. The molecule has 1 saturated heterocycles. The van der Waals surface area contributed by atoms with E-state index in [2.05, 4.69) is 20.9 Å². The summed E-state index contributed by atoms with van der Waals surface area (Å²) in [7, 11) is 0. The largest absolute Gasteiger partial charge is 0.378 e. The van der Waals surface area contributed by atoms with Crippen molar-refractivity contribution >= 4 is 11.8 Å². The molecular formula is C18H23N5O2. The highest BCUT2D eigenvalue weighted by molar-refractivity contribution is 5.88. The molecule has 1 aromatic heterocycles. The number of hydrogen-bond donors (Lipinski definition) is 2. The second-order valence-electron chi connectivity index (χ2n) is 6.85. The molecule has 1 aliphatic carbocycles. The molecule has 2 aromatic rings. The zero-order valence-corrected chi connectivity index (χ0v) is 14.1. The number of ether oxygens (including phenoxy) is 1. The van der Waals surface area contributed by atoms with Gasteiger partial charge >= 0.3 is 6.03 Å². The van der Waals surface area contributed by atoms with E-state index in [0.29, 0.717) is 24.4 Å². The van der Waals surface area contributed by atoms with E-state index >= 15 is 0 Å². The maximum absolute atomic E-state index is 12.2. The molecule has 2 heterocycles. The Balaban J connectivity index is 1.27. The average Bonchev–Trinajstić information content (AvgIpc) is 3.38. The van der Waals surface area contributed by atoms with E-state index in [9.17, 15) is 4.79 Å².